The van der Waals surface area contributed by atoms with Gasteiger partial charge in [0.1, 0.15) is 29.4 Å². The highest BCUT2D eigenvalue weighted by Gasteiger charge is 2.21. The monoisotopic (exact) mass is 439 g/mol. The van der Waals surface area contributed by atoms with Crippen molar-refractivity contribution in [3.63, 3.8) is 0 Å². The molecule has 0 aliphatic rings. The van der Waals surface area contributed by atoms with Crippen LogP contribution in [0.5, 0.6) is 0 Å². The predicted molar refractivity (Wildman–Crippen MR) is 108 cm³/mol. The van der Waals surface area contributed by atoms with Gasteiger partial charge in [0, 0.05) is 5.56 Å². The van der Waals surface area contributed by atoms with E-state index in [1.54, 1.807) is 20.8 Å². The van der Waals surface area contributed by atoms with E-state index < -0.39 is 39.1 Å². The van der Waals surface area contributed by atoms with Crippen LogP contribution in [-0.4, -0.2) is 30.2 Å². The third-order valence-electron chi connectivity index (χ3n) is 4.27. The van der Waals surface area contributed by atoms with Crippen LogP contribution in [0.1, 0.15) is 24.7 Å². The van der Waals surface area contributed by atoms with Gasteiger partial charge in [-0.05, 0) is 32.4 Å². The summed E-state index contributed by atoms with van der Waals surface area (Å²) >= 11 is 0. The van der Waals surface area contributed by atoms with Crippen molar-refractivity contribution in [3.8, 4) is 0 Å². The molecule has 1 aromatic carbocycles. The Hall–Kier alpha value is -3.28. The Labute approximate surface area is 170 Å². The lowest BCUT2D eigenvalue weighted by atomic mass is 10.2. The Balaban J connectivity index is 1.86. The number of amides is 2. The number of nitrogens with zero attached hydrogens (tertiary/aromatic N) is 2. The summed E-state index contributed by atoms with van der Waals surface area (Å²) in [5.41, 5.74) is -0.342. The molecular weight excluding hydrogens is 420 g/mol. The molecule has 0 spiro atoms. The fourth-order valence-electron chi connectivity index (χ4n) is 2.76. The molecule has 160 valence electrons. The van der Waals surface area contributed by atoms with Crippen LogP contribution in [0.3, 0.4) is 0 Å². The van der Waals surface area contributed by atoms with E-state index in [9.17, 15) is 22.0 Å². The summed E-state index contributed by atoms with van der Waals surface area (Å²) < 4.78 is 60.0. The number of hydrogen-bond donors (Lipinski definition) is 3. The van der Waals surface area contributed by atoms with Crippen molar-refractivity contribution in [1.29, 1.82) is 0 Å². The molecule has 2 amide bonds. The highest BCUT2D eigenvalue weighted by molar-refractivity contribution is 7.92. The van der Waals surface area contributed by atoms with Gasteiger partial charge in [-0.2, -0.15) is 0 Å². The lowest BCUT2D eigenvalue weighted by Crippen LogP contribution is -2.23. The first-order chi connectivity index (χ1) is 14.1. The minimum absolute atomic E-state index is 0.0902. The van der Waals surface area contributed by atoms with Crippen LogP contribution >= 0.6 is 0 Å². The first-order valence-corrected chi connectivity index (χ1v) is 10.6. The van der Waals surface area contributed by atoms with E-state index in [1.807, 2.05) is 4.72 Å². The molecule has 0 fully saturated rings. The van der Waals surface area contributed by atoms with Crippen LogP contribution in [0.2, 0.25) is 0 Å². The van der Waals surface area contributed by atoms with Gasteiger partial charge in [-0.25, -0.2) is 32.0 Å². The van der Waals surface area contributed by atoms with Crippen molar-refractivity contribution in [1.82, 2.24) is 9.97 Å². The number of fused-ring (bicyclic) bond motifs is 1. The van der Waals surface area contributed by atoms with Gasteiger partial charge in [0.25, 0.3) is 0 Å². The maximum atomic E-state index is 14.7. The molecule has 0 unspecified atom stereocenters. The van der Waals surface area contributed by atoms with Gasteiger partial charge in [-0.15, -0.1) is 0 Å². The van der Waals surface area contributed by atoms with Gasteiger partial charge in [0.05, 0.1) is 16.8 Å². The standard InChI is InChI=1S/C18H19F2N5O4S/c1-4-7-30(27,28)25-12-6-5-11(19)15(14(12)20)23-18(26)24-16-13-9(2)10(3)29-17(13)22-8-21-16/h5-6,8,25H,4,7H2,1-3H3,(H2,21,22,23,24,26). The van der Waals surface area contributed by atoms with Crippen LogP contribution in [0.25, 0.3) is 11.1 Å². The number of urea groups is 1. The fraction of sp³-hybridized carbons (Fsp3) is 0.278. The molecule has 0 atom stereocenters. The number of aromatic nitrogens is 2. The zero-order valence-electron chi connectivity index (χ0n) is 16.3. The van der Waals surface area contributed by atoms with Crippen molar-refractivity contribution >= 4 is 44.3 Å². The second-order valence-electron chi connectivity index (χ2n) is 6.47. The highest BCUT2D eigenvalue weighted by Crippen LogP contribution is 2.29. The predicted octanol–water partition coefficient (Wildman–Crippen LogP) is 3.91. The van der Waals surface area contributed by atoms with E-state index in [2.05, 4.69) is 20.6 Å². The lowest BCUT2D eigenvalue weighted by Gasteiger charge is -2.13. The summed E-state index contributed by atoms with van der Waals surface area (Å²) in [6, 6.07) is 0.793. The molecular formula is C18H19F2N5O4S. The van der Waals surface area contributed by atoms with E-state index in [1.165, 1.54) is 6.33 Å². The number of benzene rings is 1. The Kier molecular flexibility index (Phi) is 5.87. The average Bonchev–Trinajstić information content (AvgIpc) is 2.96. The van der Waals surface area contributed by atoms with Gasteiger partial charge in [0.2, 0.25) is 15.7 Å². The molecule has 2 aromatic heterocycles. The number of rotatable bonds is 6. The number of sulfonamides is 1. The second-order valence-corrected chi connectivity index (χ2v) is 8.31. The number of halogens is 2. The van der Waals surface area contributed by atoms with Crippen molar-refractivity contribution < 1.29 is 26.4 Å². The quantitative estimate of drug-likeness (QED) is 0.535. The van der Waals surface area contributed by atoms with Gasteiger partial charge in [-0.3, -0.25) is 10.0 Å². The summed E-state index contributed by atoms with van der Waals surface area (Å²) in [5, 5.41) is 4.90. The zero-order chi connectivity index (χ0) is 22.1. The number of carbonyl (C=O) groups is 1. The molecule has 3 rings (SSSR count). The minimum atomic E-state index is -3.81. The van der Waals surface area contributed by atoms with Crippen LogP contribution in [0, 0.1) is 25.5 Å². The number of furan rings is 1. The summed E-state index contributed by atoms with van der Waals surface area (Å²) in [7, 11) is -3.81. The summed E-state index contributed by atoms with van der Waals surface area (Å²) in [4.78, 5) is 20.3. The van der Waals surface area contributed by atoms with Crippen LogP contribution in [0.15, 0.2) is 22.9 Å². The fourth-order valence-corrected chi connectivity index (χ4v) is 3.89. The number of hydrogen-bond acceptors (Lipinski definition) is 6. The Morgan fingerprint density at radius 1 is 1.17 bits per heavy atom. The molecule has 0 aliphatic heterocycles. The van der Waals surface area contributed by atoms with E-state index in [-0.39, 0.29) is 17.3 Å². The van der Waals surface area contributed by atoms with Crippen LogP contribution < -0.4 is 15.4 Å². The van der Waals surface area contributed by atoms with E-state index in [0.717, 1.165) is 12.1 Å². The number of anilines is 3. The molecule has 3 aromatic rings. The highest BCUT2D eigenvalue weighted by atomic mass is 32.2. The normalized spacial score (nSPS) is 11.5. The third-order valence-corrected chi connectivity index (χ3v) is 5.74. The Morgan fingerprint density at radius 2 is 1.90 bits per heavy atom. The molecule has 0 aliphatic carbocycles. The van der Waals surface area contributed by atoms with Gasteiger partial charge in [0.15, 0.2) is 5.82 Å². The molecule has 0 saturated carbocycles. The van der Waals surface area contributed by atoms with E-state index >= 15 is 0 Å². The van der Waals surface area contributed by atoms with Crippen molar-refractivity contribution in [3.05, 3.63) is 41.4 Å². The molecule has 30 heavy (non-hydrogen) atoms. The smallest absolute Gasteiger partial charge is 0.325 e. The maximum Gasteiger partial charge on any atom is 0.325 e. The van der Waals surface area contributed by atoms with Crippen LogP contribution in [0.4, 0.5) is 30.8 Å². The molecule has 12 heteroatoms. The number of carbonyl (C=O) groups excluding carboxylic acids is 1. The summed E-state index contributed by atoms with van der Waals surface area (Å²) in [6.07, 6.45) is 1.48. The summed E-state index contributed by atoms with van der Waals surface area (Å²) in [6.45, 7) is 5.11. The molecule has 2 heterocycles. The SMILES string of the molecule is CCCS(=O)(=O)Nc1ccc(F)c(NC(=O)Nc2ncnc3oc(C)c(C)c23)c1F. The first kappa shape index (κ1) is 21.4. The molecule has 9 nitrogen and oxygen atoms in total. The maximum absolute atomic E-state index is 14.7. The van der Waals surface area contributed by atoms with E-state index in [0.29, 0.717) is 23.1 Å². The molecule has 0 radical (unpaired) electrons. The van der Waals surface area contributed by atoms with Gasteiger partial charge >= 0.3 is 6.03 Å². The topological polar surface area (TPSA) is 126 Å². The van der Waals surface area contributed by atoms with Gasteiger partial charge in [-0.1, -0.05) is 6.92 Å². The Morgan fingerprint density at radius 3 is 2.60 bits per heavy atom. The largest absolute Gasteiger partial charge is 0.443 e. The van der Waals surface area contributed by atoms with E-state index in [4.69, 9.17) is 4.42 Å². The minimum Gasteiger partial charge on any atom is -0.443 e. The average molecular weight is 439 g/mol. The van der Waals surface area contributed by atoms with Crippen LogP contribution in [-0.2, 0) is 10.0 Å². The molecule has 3 N–H and O–H groups in total. The molecule has 0 saturated heterocycles. The van der Waals surface area contributed by atoms with Crippen molar-refractivity contribution in [2.75, 3.05) is 21.1 Å². The number of aryl methyl sites for hydroxylation is 2. The zero-order valence-corrected chi connectivity index (χ0v) is 17.2. The first-order valence-electron chi connectivity index (χ1n) is 8.90. The van der Waals surface area contributed by atoms with Gasteiger partial charge < -0.3 is 9.73 Å². The number of nitrogens with one attached hydrogen (secondary N) is 3. The van der Waals surface area contributed by atoms with Crippen molar-refractivity contribution in [2.24, 2.45) is 0 Å². The summed E-state index contributed by atoms with van der Waals surface area (Å²) in [5.74, 6) is -1.90. The molecule has 0 bridgehead atoms. The Bertz CT molecular complexity index is 1230. The van der Waals surface area contributed by atoms with Crippen molar-refractivity contribution in [2.45, 2.75) is 27.2 Å². The second kappa shape index (κ2) is 8.22. The third kappa shape index (κ3) is 4.32. The lowest BCUT2D eigenvalue weighted by molar-refractivity contribution is 0.262.